The Morgan fingerprint density at radius 3 is 3.17 bits per heavy atom. The van der Waals surface area contributed by atoms with Crippen molar-refractivity contribution in [2.24, 2.45) is 0 Å². The van der Waals surface area contributed by atoms with Crippen LogP contribution in [-0.4, -0.2) is 26.5 Å². The maximum absolute atomic E-state index is 12.5. The minimum absolute atomic E-state index is 0.0912. The maximum atomic E-state index is 12.5. The second-order valence-electron chi connectivity index (χ2n) is 6.72. The van der Waals surface area contributed by atoms with Crippen LogP contribution in [0.1, 0.15) is 36.4 Å². The summed E-state index contributed by atoms with van der Waals surface area (Å²) in [5.74, 6) is 0.0912. The molecule has 1 saturated carbocycles. The summed E-state index contributed by atoms with van der Waals surface area (Å²) in [4.78, 5) is 19.9. The number of amides is 1. The first-order chi connectivity index (χ1) is 11.7. The second kappa shape index (κ2) is 6.15. The van der Waals surface area contributed by atoms with Gasteiger partial charge in [-0.3, -0.25) is 4.79 Å². The van der Waals surface area contributed by atoms with Crippen LogP contribution in [0.3, 0.4) is 0 Å². The molecule has 1 aliphatic carbocycles. The van der Waals surface area contributed by atoms with Crippen molar-refractivity contribution in [3.63, 3.8) is 0 Å². The first-order valence-corrected chi connectivity index (χ1v) is 8.54. The van der Waals surface area contributed by atoms with Crippen LogP contribution in [0, 0.1) is 6.92 Å². The molecular weight excluding hydrogens is 300 g/mol. The standard InChI is InChI=1S/C19H22N4O/c1-13-5-6-15-14(11-21-17(15)9-13)10-19(24)22-16-3-2-4-18(16)23-8-7-20-12-23/h5-9,11-12,16,18,21H,2-4,10H2,1H3,(H,22,24)/t16-,18+/m1/s1. The average molecular weight is 322 g/mol. The molecule has 2 heterocycles. The van der Waals surface area contributed by atoms with Crippen molar-refractivity contribution in [1.82, 2.24) is 19.9 Å². The molecule has 1 fully saturated rings. The molecule has 0 aliphatic heterocycles. The number of carbonyl (C=O) groups excluding carboxylic acids is 1. The number of rotatable bonds is 4. The molecule has 5 heteroatoms. The molecule has 4 rings (SSSR count). The van der Waals surface area contributed by atoms with Crippen molar-refractivity contribution in [3.05, 3.63) is 54.2 Å². The van der Waals surface area contributed by atoms with Crippen LogP contribution in [-0.2, 0) is 11.2 Å². The Hall–Kier alpha value is -2.56. The molecule has 1 aromatic carbocycles. The average Bonchev–Trinajstić information content (AvgIpc) is 3.28. The van der Waals surface area contributed by atoms with Crippen molar-refractivity contribution >= 4 is 16.8 Å². The lowest BCUT2D eigenvalue weighted by atomic mass is 10.1. The van der Waals surface area contributed by atoms with Gasteiger partial charge in [-0.15, -0.1) is 0 Å². The number of nitrogens with zero attached hydrogens (tertiary/aromatic N) is 2. The van der Waals surface area contributed by atoms with Crippen molar-refractivity contribution in [1.29, 1.82) is 0 Å². The quantitative estimate of drug-likeness (QED) is 0.775. The molecule has 1 amide bonds. The first kappa shape index (κ1) is 15.0. The Morgan fingerprint density at radius 1 is 1.42 bits per heavy atom. The van der Waals surface area contributed by atoms with Crippen molar-refractivity contribution in [3.8, 4) is 0 Å². The lowest BCUT2D eigenvalue weighted by Gasteiger charge is -2.22. The zero-order valence-corrected chi connectivity index (χ0v) is 13.8. The maximum Gasteiger partial charge on any atom is 0.224 e. The molecule has 0 unspecified atom stereocenters. The van der Waals surface area contributed by atoms with E-state index in [9.17, 15) is 4.79 Å². The number of benzene rings is 1. The van der Waals surface area contributed by atoms with Gasteiger partial charge in [0.1, 0.15) is 0 Å². The van der Waals surface area contributed by atoms with Crippen LogP contribution in [0.2, 0.25) is 0 Å². The topological polar surface area (TPSA) is 62.7 Å². The van der Waals surface area contributed by atoms with Gasteiger partial charge >= 0.3 is 0 Å². The Morgan fingerprint density at radius 2 is 2.33 bits per heavy atom. The van der Waals surface area contributed by atoms with Gasteiger partial charge in [-0.05, 0) is 43.4 Å². The van der Waals surface area contributed by atoms with Gasteiger partial charge in [0.05, 0.1) is 18.8 Å². The third kappa shape index (κ3) is 2.82. The molecule has 0 radical (unpaired) electrons. The summed E-state index contributed by atoms with van der Waals surface area (Å²) in [6.07, 6.45) is 11.2. The summed E-state index contributed by atoms with van der Waals surface area (Å²) in [6, 6.07) is 6.81. The molecule has 0 bridgehead atoms. The molecule has 0 saturated heterocycles. The van der Waals surface area contributed by atoms with Gasteiger partial charge in [-0.2, -0.15) is 0 Å². The molecule has 2 aromatic heterocycles. The van der Waals surface area contributed by atoms with E-state index in [0.717, 1.165) is 35.7 Å². The van der Waals surface area contributed by atoms with Crippen molar-refractivity contribution in [2.75, 3.05) is 0 Å². The fraction of sp³-hybridized carbons (Fsp3) is 0.368. The molecule has 2 N–H and O–H groups in total. The normalized spacial score (nSPS) is 20.5. The zero-order chi connectivity index (χ0) is 16.5. The largest absolute Gasteiger partial charge is 0.361 e. The molecular formula is C19H22N4O. The molecule has 3 aromatic rings. The number of hydrogen-bond donors (Lipinski definition) is 2. The van der Waals surface area contributed by atoms with Crippen LogP contribution >= 0.6 is 0 Å². The molecule has 124 valence electrons. The molecule has 1 aliphatic rings. The van der Waals surface area contributed by atoms with E-state index < -0.39 is 0 Å². The highest BCUT2D eigenvalue weighted by Gasteiger charge is 2.29. The Labute approximate surface area is 141 Å². The van der Waals surface area contributed by atoms with Gasteiger partial charge in [0.2, 0.25) is 5.91 Å². The lowest BCUT2D eigenvalue weighted by Crippen LogP contribution is -2.38. The van der Waals surface area contributed by atoms with Gasteiger partial charge in [0, 0.05) is 35.5 Å². The summed E-state index contributed by atoms with van der Waals surface area (Å²) >= 11 is 0. The smallest absolute Gasteiger partial charge is 0.224 e. The SMILES string of the molecule is Cc1ccc2c(CC(=O)N[C@@H]3CCC[C@@H]3n3ccnc3)c[nH]c2c1. The van der Waals surface area contributed by atoms with Crippen LogP contribution in [0.5, 0.6) is 0 Å². The molecule has 5 nitrogen and oxygen atoms in total. The highest BCUT2D eigenvalue weighted by Crippen LogP contribution is 2.30. The summed E-state index contributed by atoms with van der Waals surface area (Å²) in [5.41, 5.74) is 3.36. The molecule has 24 heavy (non-hydrogen) atoms. The number of aromatic amines is 1. The van der Waals surface area contributed by atoms with E-state index in [1.807, 2.05) is 18.7 Å². The summed E-state index contributed by atoms with van der Waals surface area (Å²) in [6.45, 7) is 2.07. The van der Waals surface area contributed by atoms with Gasteiger partial charge in [-0.25, -0.2) is 4.98 Å². The summed E-state index contributed by atoms with van der Waals surface area (Å²) in [5, 5.41) is 4.36. The number of aryl methyl sites for hydroxylation is 1. The predicted octanol–water partition coefficient (Wildman–Crippen LogP) is 3.13. The zero-order valence-electron chi connectivity index (χ0n) is 13.8. The second-order valence-corrected chi connectivity index (χ2v) is 6.72. The highest BCUT2D eigenvalue weighted by molar-refractivity contribution is 5.89. The van der Waals surface area contributed by atoms with E-state index >= 15 is 0 Å². The molecule has 2 atom stereocenters. The number of imidazole rings is 1. The summed E-state index contributed by atoms with van der Waals surface area (Å²) < 4.78 is 2.12. The van der Waals surface area contributed by atoms with E-state index in [4.69, 9.17) is 0 Å². The Balaban J connectivity index is 1.46. The number of carbonyl (C=O) groups is 1. The molecule has 0 spiro atoms. The third-order valence-electron chi connectivity index (χ3n) is 5.01. The Kier molecular flexibility index (Phi) is 3.84. The first-order valence-electron chi connectivity index (χ1n) is 8.54. The summed E-state index contributed by atoms with van der Waals surface area (Å²) in [7, 11) is 0. The lowest BCUT2D eigenvalue weighted by molar-refractivity contribution is -0.121. The monoisotopic (exact) mass is 322 g/mol. The number of aromatic nitrogens is 3. The number of nitrogens with one attached hydrogen (secondary N) is 2. The number of H-pyrrole nitrogens is 1. The minimum Gasteiger partial charge on any atom is -0.361 e. The number of hydrogen-bond acceptors (Lipinski definition) is 2. The van der Waals surface area contributed by atoms with E-state index in [-0.39, 0.29) is 11.9 Å². The van der Waals surface area contributed by atoms with Crippen molar-refractivity contribution < 1.29 is 4.79 Å². The van der Waals surface area contributed by atoms with Crippen molar-refractivity contribution in [2.45, 2.75) is 44.7 Å². The predicted molar refractivity (Wildman–Crippen MR) is 93.8 cm³/mol. The highest BCUT2D eigenvalue weighted by atomic mass is 16.1. The van der Waals surface area contributed by atoms with E-state index in [0.29, 0.717) is 12.5 Å². The van der Waals surface area contributed by atoms with E-state index in [2.05, 4.69) is 45.0 Å². The van der Waals surface area contributed by atoms with Gasteiger partial charge in [0.15, 0.2) is 0 Å². The fourth-order valence-electron chi connectivity index (χ4n) is 3.81. The van der Waals surface area contributed by atoms with Crippen LogP contribution < -0.4 is 5.32 Å². The third-order valence-corrected chi connectivity index (χ3v) is 5.01. The van der Waals surface area contributed by atoms with Crippen LogP contribution in [0.15, 0.2) is 43.1 Å². The van der Waals surface area contributed by atoms with Crippen LogP contribution in [0.25, 0.3) is 10.9 Å². The van der Waals surface area contributed by atoms with E-state index in [1.54, 1.807) is 6.20 Å². The number of fused-ring (bicyclic) bond motifs is 1. The van der Waals surface area contributed by atoms with E-state index in [1.165, 1.54) is 5.56 Å². The fourth-order valence-corrected chi connectivity index (χ4v) is 3.81. The van der Waals surface area contributed by atoms with Gasteiger partial charge in [-0.1, -0.05) is 12.1 Å². The Bertz CT molecular complexity index is 850. The van der Waals surface area contributed by atoms with Gasteiger partial charge in [0.25, 0.3) is 0 Å². The van der Waals surface area contributed by atoms with Crippen LogP contribution in [0.4, 0.5) is 0 Å². The minimum atomic E-state index is 0.0912. The van der Waals surface area contributed by atoms with Gasteiger partial charge < -0.3 is 14.9 Å².